The lowest BCUT2D eigenvalue weighted by Gasteiger charge is -2.36. The van der Waals surface area contributed by atoms with Crippen molar-refractivity contribution in [1.29, 1.82) is 0 Å². The van der Waals surface area contributed by atoms with E-state index in [4.69, 9.17) is 32.7 Å². The van der Waals surface area contributed by atoms with Crippen molar-refractivity contribution < 1.29 is 19.1 Å². The van der Waals surface area contributed by atoms with E-state index < -0.39 is 18.5 Å². The first-order valence-electron chi connectivity index (χ1n) is 9.06. The highest BCUT2D eigenvalue weighted by Crippen LogP contribution is 2.35. The minimum Gasteiger partial charge on any atom is -0.460 e. The fourth-order valence-electron chi connectivity index (χ4n) is 3.49. The molecule has 0 unspecified atom stereocenters. The molecule has 1 aromatic carbocycles. The molecule has 1 fully saturated rings. The van der Waals surface area contributed by atoms with Gasteiger partial charge in [0.05, 0.1) is 6.42 Å². The van der Waals surface area contributed by atoms with Crippen molar-refractivity contribution in [3.63, 3.8) is 0 Å². The average molecular weight is 401 g/mol. The summed E-state index contributed by atoms with van der Waals surface area (Å²) in [4.78, 5) is 24.1. The first-order chi connectivity index (χ1) is 12.3. The summed E-state index contributed by atoms with van der Waals surface area (Å²) in [5.74, 6) is 0.272. The molecule has 26 heavy (non-hydrogen) atoms. The lowest BCUT2D eigenvalue weighted by Crippen LogP contribution is -2.36. The summed E-state index contributed by atoms with van der Waals surface area (Å²) < 4.78 is 10.7. The van der Waals surface area contributed by atoms with E-state index in [1.807, 2.05) is 0 Å². The summed E-state index contributed by atoms with van der Waals surface area (Å²) in [6.07, 6.45) is 2.88. The van der Waals surface area contributed by atoms with Gasteiger partial charge < -0.3 is 9.47 Å². The van der Waals surface area contributed by atoms with Crippen LogP contribution in [0.2, 0.25) is 10.0 Å². The number of hydrogen-bond acceptors (Lipinski definition) is 4. The molecule has 0 bridgehead atoms. The van der Waals surface area contributed by atoms with Gasteiger partial charge in [-0.05, 0) is 42.7 Å². The van der Waals surface area contributed by atoms with Gasteiger partial charge in [-0.1, -0.05) is 56.5 Å². The first kappa shape index (κ1) is 21.0. The topological polar surface area (TPSA) is 52.6 Å². The number of halogens is 2. The number of hydrogen-bond donors (Lipinski definition) is 0. The van der Waals surface area contributed by atoms with E-state index in [0.29, 0.717) is 33.4 Å². The van der Waals surface area contributed by atoms with Crippen molar-refractivity contribution in [2.45, 2.75) is 52.6 Å². The summed E-state index contributed by atoms with van der Waals surface area (Å²) in [6.45, 7) is 6.07. The second-order valence-corrected chi connectivity index (χ2v) is 8.21. The molecule has 1 aliphatic rings. The smallest absolute Gasteiger partial charge is 0.344 e. The maximum atomic E-state index is 12.1. The third kappa shape index (κ3) is 5.88. The van der Waals surface area contributed by atoms with Gasteiger partial charge in [-0.3, -0.25) is 4.79 Å². The monoisotopic (exact) mass is 400 g/mol. The molecule has 1 saturated carbocycles. The zero-order chi connectivity index (χ0) is 19.3. The predicted molar refractivity (Wildman–Crippen MR) is 102 cm³/mol. The van der Waals surface area contributed by atoms with Gasteiger partial charge >= 0.3 is 11.9 Å². The van der Waals surface area contributed by atoms with Crippen molar-refractivity contribution in [3.05, 3.63) is 33.8 Å². The molecule has 0 N–H and O–H groups in total. The average Bonchev–Trinajstić information content (AvgIpc) is 2.56. The standard InChI is InChI=1S/C20H26Cl2O4/c1-12(2)14-8-7-13(3)9-18(14)26-20(24)11-25-19(23)10-15-16(21)5-4-6-17(15)22/h4-6,12-14,18H,7-11H2,1-3H3/t13-,14+,18-/m0/s1. The number of carbonyl (C=O) groups excluding carboxylic acids is 2. The lowest BCUT2D eigenvalue weighted by molar-refractivity contribution is -0.166. The van der Waals surface area contributed by atoms with Crippen LogP contribution in [0.4, 0.5) is 0 Å². The molecule has 6 heteroatoms. The Morgan fingerprint density at radius 3 is 2.42 bits per heavy atom. The van der Waals surface area contributed by atoms with Crippen LogP contribution in [0.15, 0.2) is 18.2 Å². The SMILES string of the molecule is CC(C)[C@H]1CC[C@H](C)C[C@@H]1OC(=O)COC(=O)Cc1c(Cl)cccc1Cl. The molecular weight excluding hydrogens is 375 g/mol. The zero-order valence-electron chi connectivity index (χ0n) is 15.5. The van der Waals surface area contributed by atoms with Gasteiger partial charge in [-0.25, -0.2) is 4.79 Å². The van der Waals surface area contributed by atoms with Crippen LogP contribution >= 0.6 is 23.2 Å². The molecular formula is C20H26Cl2O4. The Labute approximate surface area is 165 Å². The quantitative estimate of drug-likeness (QED) is 0.624. The maximum Gasteiger partial charge on any atom is 0.344 e. The van der Waals surface area contributed by atoms with Crippen LogP contribution in [0.25, 0.3) is 0 Å². The number of rotatable bonds is 6. The van der Waals surface area contributed by atoms with Crippen LogP contribution in [-0.2, 0) is 25.5 Å². The minimum atomic E-state index is -0.561. The van der Waals surface area contributed by atoms with Gasteiger partial charge in [0.2, 0.25) is 0 Å². The normalized spacial score (nSPS) is 22.9. The van der Waals surface area contributed by atoms with E-state index in [0.717, 1.165) is 19.3 Å². The molecule has 3 atom stereocenters. The van der Waals surface area contributed by atoms with Crippen molar-refractivity contribution >= 4 is 35.1 Å². The van der Waals surface area contributed by atoms with Crippen LogP contribution in [0.5, 0.6) is 0 Å². The fraction of sp³-hybridized carbons (Fsp3) is 0.600. The molecule has 0 saturated heterocycles. The molecule has 0 aromatic heterocycles. The summed E-state index contributed by atoms with van der Waals surface area (Å²) in [7, 11) is 0. The summed E-state index contributed by atoms with van der Waals surface area (Å²) in [6, 6.07) is 5.01. The number of carbonyl (C=O) groups is 2. The Morgan fingerprint density at radius 2 is 1.81 bits per heavy atom. The zero-order valence-corrected chi connectivity index (χ0v) is 17.0. The van der Waals surface area contributed by atoms with Crippen LogP contribution in [0, 0.1) is 17.8 Å². The molecule has 0 heterocycles. The highest BCUT2D eigenvalue weighted by molar-refractivity contribution is 6.36. The van der Waals surface area contributed by atoms with Crippen LogP contribution < -0.4 is 0 Å². The minimum absolute atomic E-state index is 0.0825. The van der Waals surface area contributed by atoms with Crippen molar-refractivity contribution in [1.82, 2.24) is 0 Å². The Hall–Kier alpha value is -1.26. The van der Waals surface area contributed by atoms with Crippen molar-refractivity contribution in [3.8, 4) is 0 Å². The van der Waals surface area contributed by atoms with E-state index in [1.165, 1.54) is 0 Å². The van der Waals surface area contributed by atoms with Gasteiger partial charge in [-0.2, -0.15) is 0 Å². The number of benzene rings is 1. The molecule has 1 aliphatic carbocycles. The van der Waals surface area contributed by atoms with Gasteiger partial charge in [-0.15, -0.1) is 0 Å². The van der Waals surface area contributed by atoms with E-state index in [-0.39, 0.29) is 12.5 Å². The summed E-state index contributed by atoms with van der Waals surface area (Å²) >= 11 is 12.1. The highest BCUT2D eigenvalue weighted by Gasteiger charge is 2.33. The molecule has 4 nitrogen and oxygen atoms in total. The largest absolute Gasteiger partial charge is 0.460 e. The van der Waals surface area contributed by atoms with Crippen molar-refractivity contribution in [2.24, 2.45) is 17.8 Å². The Kier molecular flexibility index (Phi) is 7.78. The second-order valence-electron chi connectivity index (χ2n) is 7.39. The van der Waals surface area contributed by atoms with Gasteiger partial charge in [0.15, 0.2) is 6.61 Å². The number of ether oxygens (including phenoxy) is 2. The predicted octanol–water partition coefficient (Wildman–Crippen LogP) is 5.08. The molecule has 1 aromatic rings. The second kappa shape index (κ2) is 9.61. The first-order valence-corrected chi connectivity index (χ1v) is 9.81. The molecule has 144 valence electrons. The van der Waals surface area contributed by atoms with Gasteiger partial charge in [0.1, 0.15) is 6.10 Å². The maximum absolute atomic E-state index is 12.1. The molecule has 2 rings (SSSR count). The van der Waals surface area contributed by atoms with E-state index >= 15 is 0 Å². The summed E-state index contributed by atoms with van der Waals surface area (Å²) in [5.41, 5.74) is 0.496. The lowest BCUT2D eigenvalue weighted by atomic mass is 9.75. The fourth-order valence-corrected chi connectivity index (χ4v) is 4.02. The third-order valence-electron chi connectivity index (χ3n) is 4.98. The van der Waals surface area contributed by atoms with E-state index in [1.54, 1.807) is 18.2 Å². The van der Waals surface area contributed by atoms with E-state index in [9.17, 15) is 9.59 Å². The Bertz CT molecular complexity index is 624. The Morgan fingerprint density at radius 1 is 1.15 bits per heavy atom. The molecule has 0 amide bonds. The Balaban J connectivity index is 1.84. The van der Waals surface area contributed by atoms with Crippen LogP contribution in [-0.4, -0.2) is 24.6 Å². The van der Waals surface area contributed by atoms with Crippen LogP contribution in [0.1, 0.15) is 45.6 Å². The van der Waals surface area contributed by atoms with Gasteiger partial charge in [0, 0.05) is 15.6 Å². The third-order valence-corrected chi connectivity index (χ3v) is 5.69. The van der Waals surface area contributed by atoms with E-state index in [2.05, 4.69) is 20.8 Å². The summed E-state index contributed by atoms with van der Waals surface area (Å²) in [5, 5.41) is 0.793. The van der Waals surface area contributed by atoms with Crippen LogP contribution in [0.3, 0.4) is 0 Å². The molecule has 0 aliphatic heterocycles. The van der Waals surface area contributed by atoms with Crippen molar-refractivity contribution in [2.75, 3.05) is 6.61 Å². The van der Waals surface area contributed by atoms with Gasteiger partial charge in [0.25, 0.3) is 0 Å². The highest BCUT2D eigenvalue weighted by atomic mass is 35.5. The number of esters is 2. The molecule has 0 radical (unpaired) electrons. The molecule has 0 spiro atoms.